The molecule has 0 bridgehead atoms. The molecule has 0 aromatic rings. The van der Waals surface area contributed by atoms with Gasteiger partial charge in [-0.05, 0) is 52.7 Å². The summed E-state index contributed by atoms with van der Waals surface area (Å²) in [4.78, 5) is 0. The van der Waals surface area contributed by atoms with Gasteiger partial charge in [0.1, 0.15) is 0 Å². The Labute approximate surface area is 90.4 Å². The maximum atomic E-state index is 2.22. The topological polar surface area (TPSA) is 0 Å². The van der Waals surface area contributed by atoms with E-state index in [1.165, 1.54) is 22.3 Å². The zero-order chi connectivity index (χ0) is 11.7. The van der Waals surface area contributed by atoms with E-state index < -0.39 is 0 Å². The second kappa shape index (κ2) is 8.80. The predicted molar refractivity (Wildman–Crippen MR) is 68.6 cm³/mol. The van der Waals surface area contributed by atoms with Crippen molar-refractivity contribution >= 4 is 0 Å². The molecule has 0 amide bonds. The van der Waals surface area contributed by atoms with Crippen LogP contribution in [0.15, 0.2) is 34.4 Å². The first-order valence-electron chi connectivity index (χ1n) is 5.44. The lowest BCUT2D eigenvalue weighted by atomic mass is 10.0. The minimum absolute atomic E-state index is 1.36. The quantitative estimate of drug-likeness (QED) is 0.524. The van der Waals surface area contributed by atoms with Gasteiger partial charge in [-0.15, -0.1) is 0 Å². The Bertz CT molecular complexity index is 233. The summed E-state index contributed by atoms with van der Waals surface area (Å²) < 4.78 is 0. The molecule has 0 aliphatic rings. The summed E-state index contributed by atoms with van der Waals surface area (Å²) in [5.41, 5.74) is 5.48. The van der Waals surface area contributed by atoms with E-state index in [-0.39, 0.29) is 0 Å². The van der Waals surface area contributed by atoms with Gasteiger partial charge in [0.05, 0.1) is 0 Å². The second-order valence-corrected chi connectivity index (χ2v) is 3.50. The highest BCUT2D eigenvalue weighted by Gasteiger charge is 1.94. The summed E-state index contributed by atoms with van der Waals surface area (Å²) in [6.45, 7) is 16.8. The molecule has 82 valence electrons. The summed E-state index contributed by atoms with van der Waals surface area (Å²) in [6, 6.07) is 0. The van der Waals surface area contributed by atoms with Gasteiger partial charge >= 0.3 is 0 Å². The third-order valence-corrected chi connectivity index (χ3v) is 2.12. The minimum Gasteiger partial charge on any atom is -0.0844 e. The summed E-state index contributed by atoms with van der Waals surface area (Å²) in [6.07, 6.45) is 4.38. The third-order valence-electron chi connectivity index (χ3n) is 2.12. The van der Waals surface area contributed by atoms with Crippen molar-refractivity contribution in [2.24, 2.45) is 0 Å². The van der Waals surface area contributed by atoms with Crippen LogP contribution in [0.2, 0.25) is 0 Å². The average molecular weight is 194 g/mol. The van der Waals surface area contributed by atoms with Gasteiger partial charge in [0.15, 0.2) is 0 Å². The van der Waals surface area contributed by atoms with Crippen molar-refractivity contribution < 1.29 is 0 Å². The summed E-state index contributed by atoms with van der Waals surface area (Å²) in [7, 11) is 0. The molecule has 0 spiro atoms. The molecule has 0 aromatic heterocycles. The van der Waals surface area contributed by atoms with Crippen LogP contribution in [-0.2, 0) is 0 Å². The molecule has 0 saturated carbocycles. The Hall–Kier alpha value is -0.780. The van der Waals surface area contributed by atoms with Crippen LogP contribution < -0.4 is 0 Å². The van der Waals surface area contributed by atoms with Gasteiger partial charge in [0, 0.05) is 0 Å². The van der Waals surface area contributed by atoms with E-state index in [4.69, 9.17) is 0 Å². The molecular weight excluding hydrogens is 168 g/mol. The fourth-order valence-corrected chi connectivity index (χ4v) is 1.07. The van der Waals surface area contributed by atoms with Gasteiger partial charge in [0.2, 0.25) is 0 Å². The Morgan fingerprint density at radius 3 is 1.57 bits per heavy atom. The van der Waals surface area contributed by atoms with Crippen LogP contribution in [0.3, 0.4) is 0 Å². The van der Waals surface area contributed by atoms with Crippen LogP contribution in [0.25, 0.3) is 0 Å². The van der Waals surface area contributed by atoms with Crippen molar-refractivity contribution in [3.05, 3.63) is 34.4 Å². The van der Waals surface area contributed by atoms with Crippen molar-refractivity contribution in [1.29, 1.82) is 0 Å². The monoisotopic (exact) mass is 194 g/mol. The average Bonchev–Trinajstić information content (AvgIpc) is 2.17. The molecule has 0 rings (SSSR count). The molecule has 0 nitrogen and oxygen atoms in total. The molecule has 0 N–H and O–H groups in total. The SMILES string of the molecule is CC.CC=C(C)/C(C)=C(/C)C=C(C)C. The maximum absolute atomic E-state index is 2.22. The molecule has 0 fully saturated rings. The van der Waals surface area contributed by atoms with Crippen molar-refractivity contribution in [2.75, 3.05) is 0 Å². The van der Waals surface area contributed by atoms with Gasteiger partial charge in [0.25, 0.3) is 0 Å². The minimum atomic E-state index is 1.36. The van der Waals surface area contributed by atoms with Gasteiger partial charge in [-0.25, -0.2) is 0 Å². The van der Waals surface area contributed by atoms with Crippen LogP contribution in [0, 0.1) is 0 Å². The molecule has 0 radical (unpaired) electrons. The van der Waals surface area contributed by atoms with Crippen LogP contribution in [0.5, 0.6) is 0 Å². The zero-order valence-electron chi connectivity index (χ0n) is 11.2. The lowest BCUT2D eigenvalue weighted by Crippen LogP contribution is -1.83. The lowest BCUT2D eigenvalue weighted by molar-refractivity contribution is 1.24. The van der Waals surface area contributed by atoms with Gasteiger partial charge in [-0.1, -0.05) is 37.1 Å². The molecular formula is C14H26. The van der Waals surface area contributed by atoms with Crippen molar-refractivity contribution in [3.8, 4) is 0 Å². The lowest BCUT2D eigenvalue weighted by Gasteiger charge is -2.04. The summed E-state index contributed by atoms with van der Waals surface area (Å²) in [5.74, 6) is 0. The van der Waals surface area contributed by atoms with Crippen LogP contribution in [0.4, 0.5) is 0 Å². The molecule has 0 heteroatoms. The highest BCUT2D eigenvalue weighted by Crippen LogP contribution is 2.15. The first-order chi connectivity index (χ1) is 6.49. The maximum Gasteiger partial charge on any atom is -0.0393 e. The predicted octanol–water partition coefficient (Wildman–Crippen LogP) is 5.28. The van der Waals surface area contributed by atoms with Crippen molar-refractivity contribution in [3.63, 3.8) is 0 Å². The number of rotatable bonds is 2. The largest absolute Gasteiger partial charge is 0.0844 e. The van der Waals surface area contributed by atoms with Gasteiger partial charge in [-0.2, -0.15) is 0 Å². The summed E-state index contributed by atoms with van der Waals surface area (Å²) in [5, 5.41) is 0. The van der Waals surface area contributed by atoms with E-state index in [0.29, 0.717) is 0 Å². The fraction of sp³-hybridized carbons (Fsp3) is 0.571. The first-order valence-corrected chi connectivity index (χ1v) is 5.44. The van der Waals surface area contributed by atoms with E-state index in [0.717, 1.165) is 0 Å². The highest BCUT2D eigenvalue weighted by molar-refractivity contribution is 5.36. The van der Waals surface area contributed by atoms with Crippen molar-refractivity contribution in [2.45, 2.75) is 55.4 Å². The zero-order valence-corrected chi connectivity index (χ0v) is 11.2. The van der Waals surface area contributed by atoms with E-state index in [1.807, 2.05) is 13.8 Å². The van der Waals surface area contributed by atoms with Gasteiger partial charge < -0.3 is 0 Å². The molecule has 0 aliphatic carbocycles. The highest BCUT2D eigenvalue weighted by atomic mass is 14.0. The van der Waals surface area contributed by atoms with Crippen molar-refractivity contribution in [1.82, 2.24) is 0 Å². The van der Waals surface area contributed by atoms with E-state index in [9.17, 15) is 0 Å². The Morgan fingerprint density at radius 2 is 1.29 bits per heavy atom. The molecule has 0 unspecified atom stereocenters. The normalized spacial score (nSPS) is 12.4. The van der Waals surface area contributed by atoms with Crippen LogP contribution in [-0.4, -0.2) is 0 Å². The molecule has 0 heterocycles. The van der Waals surface area contributed by atoms with E-state index in [1.54, 1.807) is 0 Å². The smallest absolute Gasteiger partial charge is 0.0393 e. The first kappa shape index (κ1) is 15.7. The molecule has 0 saturated heterocycles. The number of hydrogen-bond donors (Lipinski definition) is 0. The van der Waals surface area contributed by atoms with E-state index >= 15 is 0 Å². The fourth-order valence-electron chi connectivity index (χ4n) is 1.07. The molecule has 14 heavy (non-hydrogen) atoms. The van der Waals surface area contributed by atoms with Crippen LogP contribution >= 0.6 is 0 Å². The molecule has 0 aromatic carbocycles. The van der Waals surface area contributed by atoms with E-state index in [2.05, 4.69) is 53.7 Å². The number of allylic oxidation sites excluding steroid dienone is 6. The standard InChI is InChI=1S/C12H20.C2H6/c1-7-10(4)12(6)11(5)8-9(2)3;1-2/h7-8H,1-6H3;1-2H3/b10-7?,12-11-;. The number of hydrogen-bond acceptors (Lipinski definition) is 0. The third kappa shape index (κ3) is 6.71. The molecule has 0 atom stereocenters. The molecule has 0 aliphatic heterocycles. The van der Waals surface area contributed by atoms with Gasteiger partial charge in [-0.3, -0.25) is 0 Å². The Kier molecular flexibility index (Phi) is 9.86. The second-order valence-electron chi connectivity index (χ2n) is 3.50. The Morgan fingerprint density at radius 1 is 0.857 bits per heavy atom. The summed E-state index contributed by atoms with van der Waals surface area (Å²) >= 11 is 0. The van der Waals surface area contributed by atoms with Crippen LogP contribution in [0.1, 0.15) is 55.4 Å². The Balaban J connectivity index is 0.